The maximum atomic E-state index is 10.9. The summed E-state index contributed by atoms with van der Waals surface area (Å²) in [6.07, 6.45) is 1.08. The largest absolute Gasteiger partial charge is 0.326 e. The molecule has 104 valence electrons. The van der Waals surface area contributed by atoms with Gasteiger partial charge in [0, 0.05) is 25.2 Å². The number of rotatable bonds is 3. The van der Waals surface area contributed by atoms with Gasteiger partial charge in [-0.05, 0) is 46.4 Å². The third-order valence-electron chi connectivity index (χ3n) is 3.71. The molecule has 0 radical (unpaired) electrons. The van der Waals surface area contributed by atoms with Crippen molar-refractivity contribution in [2.24, 2.45) is 11.7 Å². The van der Waals surface area contributed by atoms with Gasteiger partial charge in [-0.2, -0.15) is 0 Å². The van der Waals surface area contributed by atoms with Gasteiger partial charge < -0.3 is 5.73 Å². The Labute approximate surface area is 121 Å². The van der Waals surface area contributed by atoms with Crippen molar-refractivity contribution in [2.45, 2.75) is 25.9 Å². The topological polar surface area (TPSA) is 72.4 Å². The molecule has 6 heteroatoms. The first kappa shape index (κ1) is 14.4. The molecule has 0 spiro atoms. The minimum absolute atomic E-state index is 0.118. The van der Waals surface area contributed by atoms with Crippen molar-refractivity contribution in [3.8, 4) is 0 Å². The number of nitro groups is 1. The molecule has 1 aromatic rings. The molecule has 0 bridgehead atoms. The Balaban J connectivity index is 2.07. The highest BCUT2D eigenvalue weighted by Crippen LogP contribution is 2.27. The monoisotopic (exact) mass is 327 g/mol. The van der Waals surface area contributed by atoms with Crippen molar-refractivity contribution >= 4 is 21.6 Å². The number of hydrogen-bond donors (Lipinski definition) is 1. The minimum atomic E-state index is -0.363. The smallest absolute Gasteiger partial charge is 0.283 e. The molecule has 0 saturated carbocycles. The summed E-state index contributed by atoms with van der Waals surface area (Å²) >= 11 is 3.20. The van der Waals surface area contributed by atoms with Crippen molar-refractivity contribution in [2.75, 3.05) is 13.1 Å². The van der Waals surface area contributed by atoms with Gasteiger partial charge in [0.1, 0.15) is 0 Å². The first-order chi connectivity index (χ1) is 8.97. The quantitative estimate of drug-likeness (QED) is 0.684. The predicted octanol–water partition coefficient (Wildman–Crippen LogP) is 2.53. The Morgan fingerprint density at radius 1 is 1.58 bits per heavy atom. The van der Waals surface area contributed by atoms with Gasteiger partial charge in [-0.1, -0.05) is 13.0 Å². The first-order valence-corrected chi connectivity index (χ1v) is 7.17. The van der Waals surface area contributed by atoms with E-state index < -0.39 is 0 Å². The van der Waals surface area contributed by atoms with Crippen LogP contribution in [-0.2, 0) is 6.54 Å². The number of hydrogen-bond acceptors (Lipinski definition) is 4. The van der Waals surface area contributed by atoms with Crippen molar-refractivity contribution < 1.29 is 4.92 Å². The van der Waals surface area contributed by atoms with E-state index in [0.717, 1.165) is 25.1 Å². The number of nitrogens with two attached hydrogens (primary N) is 1. The highest BCUT2D eigenvalue weighted by Gasteiger charge is 2.23. The Morgan fingerprint density at radius 2 is 2.32 bits per heavy atom. The van der Waals surface area contributed by atoms with Crippen LogP contribution in [0.3, 0.4) is 0 Å². The summed E-state index contributed by atoms with van der Waals surface area (Å²) in [6, 6.07) is 5.48. The molecule has 1 aliphatic heterocycles. The lowest BCUT2D eigenvalue weighted by atomic mass is 9.94. The Morgan fingerprint density at radius 3 is 2.95 bits per heavy atom. The lowest BCUT2D eigenvalue weighted by molar-refractivity contribution is -0.385. The SMILES string of the molecule is CC1CCN(Cc2ccc(Br)c([N+](=O)[O-])c2)CC1N. The van der Waals surface area contributed by atoms with Gasteiger partial charge in [0.2, 0.25) is 0 Å². The van der Waals surface area contributed by atoms with Crippen LogP contribution in [-0.4, -0.2) is 29.0 Å². The molecule has 2 unspecified atom stereocenters. The highest BCUT2D eigenvalue weighted by molar-refractivity contribution is 9.10. The zero-order valence-electron chi connectivity index (χ0n) is 10.9. The highest BCUT2D eigenvalue weighted by atomic mass is 79.9. The number of piperidine rings is 1. The fraction of sp³-hybridized carbons (Fsp3) is 0.538. The molecule has 0 aliphatic carbocycles. The molecule has 19 heavy (non-hydrogen) atoms. The molecule has 1 aromatic carbocycles. The number of nitro benzene ring substituents is 1. The summed E-state index contributed by atoms with van der Waals surface area (Å²) in [5.74, 6) is 0.551. The van der Waals surface area contributed by atoms with Crippen LogP contribution in [0.5, 0.6) is 0 Å². The summed E-state index contributed by atoms with van der Waals surface area (Å²) in [7, 11) is 0. The molecule has 1 fully saturated rings. The number of halogens is 1. The third-order valence-corrected chi connectivity index (χ3v) is 4.38. The van der Waals surface area contributed by atoms with Crippen LogP contribution in [0.25, 0.3) is 0 Å². The molecule has 2 N–H and O–H groups in total. The van der Waals surface area contributed by atoms with Crippen LogP contribution in [0.4, 0.5) is 5.69 Å². The van der Waals surface area contributed by atoms with E-state index in [9.17, 15) is 10.1 Å². The second kappa shape index (κ2) is 5.98. The minimum Gasteiger partial charge on any atom is -0.326 e. The summed E-state index contributed by atoms with van der Waals surface area (Å²) in [5.41, 5.74) is 7.14. The maximum absolute atomic E-state index is 10.9. The predicted molar refractivity (Wildman–Crippen MR) is 77.8 cm³/mol. The van der Waals surface area contributed by atoms with E-state index in [4.69, 9.17) is 5.73 Å². The fourth-order valence-corrected chi connectivity index (χ4v) is 2.76. The van der Waals surface area contributed by atoms with Crippen LogP contribution in [0.1, 0.15) is 18.9 Å². The lowest BCUT2D eigenvalue weighted by Gasteiger charge is -2.35. The van der Waals surface area contributed by atoms with E-state index in [2.05, 4.69) is 27.8 Å². The van der Waals surface area contributed by atoms with Crippen LogP contribution < -0.4 is 5.73 Å². The van der Waals surface area contributed by atoms with Gasteiger partial charge >= 0.3 is 0 Å². The molecule has 1 aliphatic rings. The Bertz CT molecular complexity index is 481. The molecule has 2 atom stereocenters. The first-order valence-electron chi connectivity index (χ1n) is 6.38. The standard InChI is InChI=1S/C13H18BrN3O2/c1-9-4-5-16(8-12(9)15)7-10-2-3-11(14)13(6-10)17(18)19/h2-3,6,9,12H,4-5,7-8,15H2,1H3. The van der Waals surface area contributed by atoms with Crippen LogP contribution >= 0.6 is 15.9 Å². The Hall–Kier alpha value is -0.980. The summed E-state index contributed by atoms with van der Waals surface area (Å²) < 4.78 is 0.519. The average Bonchev–Trinajstić information content (AvgIpc) is 2.36. The van der Waals surface area contributed by atoms with E-state index in [1.807, 2.05) is 6.07 Å². The van der Waals surface area contributed by atoms with Crippen LogP contribution in [0.15, 0.2) is 22.7 Å². The van der Waals surface area contributed by atoms with Crippen molar-refractivity contribution in [3.63, 3.8) is 0 Å². The molecule has 5 nitrogen and oxygen atoms in total. The van der Waals surface area contributed by atoms with E-state index in [-0.39, 0.29) is 16.7 Å². The zero-order chi connectivity index (χ0) is 14.0. The van der Waals surface area contributed by atoms with Gasteiger partial charge in [-0.3, -0.25) is 15.0 Å². The summed E-state index contributed by atoms with van der Waals surface area (Å²) in [6.45, 7) is 4.74. The molecule has 1 saturated heterocycles. The van der Waals surface area contributed by atoms with Crippen molar-refractivity contribution in [1.29, 1.82) is 0 Å². The van der Waals surface area contributed by atoms with Gasteiger partial charge in [-0.15, -0.1) is 0 Å². The molecule has 2 rings (SSSR count). The van der Waals surface area contributed by atoms with E-state index >= 15 is 0 Å². The second-order valence-corrected chi connectivity index (χ2v) is 6.06. The van der Waals surface area contributed by atoms with Crippen molar-refractivity contribution in [1.82, 2.24) is 4.90 Å². The average molecular weight is 328 g/mol. The second-order valence-electron chi connectivity index (χ2n) is 5.21. The van der Waals surface area contributed by atoms with E-state index in [1.165, 1.54) is 0 Å². The molecular formula is C13H18BrN3O2. The summed E-state index contributed by atoms with van der Waals surface area (Å²) in [4.78, 5) is 12.8. The van der Waals surface area contributed by atoms with Gasteiger partial charge in [0.05, 0.1) is 9.40 Å². The fourth-order valence-electron chi connectivity index (χ4n) is 2.37. The third kappa shape index (κ3) is 3.52. The van der Waals surface area contributed by atoms with Crippen LogP contribution in [0, 0.1) is 16.0 Å². The van der Waals surface area contributed by atoms with Gasteiger partial charge in [0.15, 0.2) is 0 Å². The molecule has 0 amide bonds. The zero-order valence-corrected chi connectivity index (χ0v) is 12.5. The molecular weight excluding hydrogens is 310 g/mol. The Kier molecular flexibility index (Phi) is 4.54. The number of benzene rings is 1. The van der Waals surface area contributed by atoms with Crippen molar-refractivity contribution in [3.05, 3.63) is 38.3 Å². The molecule has 1 heterocycles. The lowest BCUT2D eigenvalue weighted by Crippen LogP contribution is -2.47. The number of likely N-dealkylation sites (tertiary alicyclic amines) is 1. The molecule has 0 aromatic heterocycles. The normalized spacial score (nSPS) is 24.4. The van der Waals surface area contributed by atoms with Crippen LogP contribution in [0.2, 0.25) is 0 Å². The summed E-state index contributed by atoms with van der Waals surface area (Å²) in [5, 5.41) is 10.9. The van der Waals surface area contributed by atoms with Gasteiger partial charge in [0.25, 0.3) is 5.69 Å². The van der Waals surface area contributed by atoms with E-state index in [1.54, 1.807) is 12.1 Å². The maximum Gasteiger partial charge on any atom is 0.283 e. The number of nitrogens with zero attached hydrogens (tertiary/aromatic N) is 2. The van der Waals surface area contributed by atoms with Gasteiger partial charge in [-0.25, -0.2) is 0 Å². The van der Waals surface area contributed by atoms with E-state index in [0.29, 0.717) is 16.9 Å².